The van der Waals surface area contributed by atoms with Crippen LogP contribution in [0, 0.1) is 0 Å². The van der Waals surface area contributed by atoms with E-state index in [0.717, 1.165) is 0 Å². The van der Waals surface area contributed by atoms with Crippen LogP contribution >= 0.6 is 12.6 Å². The van der Waals surface area contributed by atoms with Gasteiger partial charge in [-0.25, -0.2) is 4.79 Å². The van der Waals surface area contributed by atoms with Gasteiger partial charge in [0.15, 0.2) is 0 Å². The minimum absolute atomic E-state index is 0.264. The minimum atomic E-state index is -0.437. The summed E-state index contributed by atoms with van der Waals surface area (Å²) in [6.07, 6.45) is 1.45. The molecule has 4 heteroatoms. The summed E-state index contributed by atoms with van der Waals surface area (Å²) in [4.78, 5) is 10.8. The zero-order valence-electron chi connectivity index (χ0n) is 5.34. The maximum atomic E-state index is 10.5. The number of carbonyl (C=O) groups excluding carboxylic acids is 1. The van der Waals surface area contributed by atoms with Crippen LogP contribution in [0.15, 0.2) is 11.1 Å². The highest BCUT2D eigenvalue weighted by atomic mass is 32.1. The van der Waals surface area contributed by atoms with Gasteiger partial charge in [-0.3, -0.25) is 0 Å². The van der Waals surface area contributed by atoms with Crippen molar-refractivity contribution < 1.29 is 9.53 Å². The summed E-state index contributed by atoms with van der Waals surface area (Å²) in [7, 11) is 2.99. The monoisotopic (exact) mass is 147 g/mol. The Hall–Kier alpha value is -0.640. The van der Waals surface area contributed by atoms with Crippen molar-refractivity contribution in [3.05, 3.63) is 11.1 Å². The number of hydrogen-bond donors (Lipinski definition) is 2. The second-order valence-electron chi connectivity index (χ2n) is 1.31. The van der Waals surface area contributed by atoms with E-state index < -0.39 is 5.97 Å². The van der Waals surface area contributed by atoms with E-state index >= 15 is 0 Å². The lowest BCUT2D eigenvalue weighted by Crippen LogP contribution is -2.03. The Morgan fingerprint density at radius 3 is 2.67 bits per heavy atom. The molecule has 0 aromatic carbocycles. The zero-order valence-corrected chi connectivity index (χ0v) is 6.24. The Labute approximate surface area is 59.5 Å². The molecule has 9 heavy (non-hydrogen) atoms. The molecule has 0 unspecified atom stereocenters. The first-order valence-corrected chi connectivity index (χ1v) is 2.81. The van der Waals surface area contributed by atoms with Gasteiger partial charge in [0.05, 0.1) is 7.11 Å². The summed E-state index contributed by atoms with van der Waals surface area (Å²) in [6.45, 7) is 0. The van der Waals surface area contributed by atoms with Crippen LogP contribution in [0.3, 0.4) is 0 Å². The first-order chi connectivity index (χ1) is 4.22. The molecule has 0 heterocycles. The maximum Gasteiger partial charge on any atom is 0.345 e. The van der Waals surface area contributed by atoms with E-state index in [1.165, 1.54) is 13.3 Å². The van der Waals surface area contributed by atoms with E-state index in [-0.39, 0.29) is 4.91 Å². The lowest BCUT2D eigenvalue weighted by atomic mass is 10.6. The first kappa shape index (κ1) is 8.36. The van der Waals surface area contributed by atoms with Gasteiger partial charge in [-0.05, 0) is 0 Å². The van der Waals surface area contributed by atoms with Crippen LogP contribution in [0.5, 0.6) is 0 Å². The van der Waals surface area contributed by atoms with Crippen LogP contribution in [-0.2, 0) is 9.53 Å². The quantitative estimate of drug-likeness (QED) is 0.332. The Balaban J connectivity index is 3.86. The second kappa shape index (κ2) is 4.26. The Kier molecular flexibility index (Phi) is 3.96. The molecular formula is C5H9NO2S. The van der Waals surface area contributed by atoms with Gasteiger partial charge in [-0.15, -0.1) is 12.6 Å². The van der Waals surface area contributed by atoms with E-state index in [4.69, 9.17) is 0 Å². The van der Waals surface area contributed by atoms with E-state index in [2.05, 4.69) is 22.7 Å². The third-order valence-electron chi connectivity index (χ3n) is 0.676. The fourth-order valence-corrected chi connectivity index (χ4v) is 0.521. The van der Waals surface area contributed by atoms with Gasteiger partial charge in [0, 0.05) is 13.2 Å². The molecule has 0 atom stereocenters. The van der Waals surface area contributed by atoms with Gasteiger partial charge in [-0.1, -0.05) is 0 Å². The first-order valence-electron chi connectivity index (χ1n) is 2.37. The average Bonchev–Trinajstić information content (AvgIpc) is 1.87. The van der Waals surface area contributed by atoms with E-state index in [1.54, 1.807) is 7.05 Å². The van der Waals surface area contributed by atoms with Crippen molar-refractivity contribution in [1.82, 2.24) is 5.32 Å². The molecule has 0 amide bonds. The highest BCUT2D eigenvalue weighted by molar-refractivity contribution is 7.85. The SMILES string of the molecule is CN/C=C(\S)C(=O)OC. The third-order valence-corrected chi connectivity index (χ3v) is 0.987. The van der Waals surface area contributed by atoms with Crippen molar-refractivity contribution in [3.63, 3.8) is 0 Å². The summed E-state index contributed by atoms with van der Waals surface area (Å²) < 4.78 is 4.34. The number of esters is 1. The molecule has 0 spiro atoms. The summed E-state index contributed by atoms with van der Waals surface area (Å²) in [5.74, 6) is -0.437. The van der Waals surface area contributed by atoms with E-state index in [9.17, 15) is 4.79 Å². The molecule has 0 saturated carbocycles. The lowest BCUT2D eigenvalue weighted by Gasteiger charge is -1.95. The number of carbonyl (C=O) groups is 1. The molecule has 0 saturated heterocycles. The molecule has 0 bridgehead atoms. The van der Waals surface area contributed by atoms with Gasteiger partial charge in [0.1, 0.15) is 4.91 Å². The van der Waals surface area contributed by atoms with E-state index in [1.807, 2.05) is 0 Å². The number of thiol groups is 1. The summed E-state index contributed by atoms with van der Waals surface area (Å²) in [5, 5.41) is 2.64. The van der Waals surface area contributed by atoms with Crippen molar-refractivity contribution >= 4 is 18.6 Å². The molecule has 0 fully saturated rings. The van der Waals surface area contributed by atoms with Gasteiger partial charge >= 0.3 is 5.97 Å². The molecule has 0 aromatic heterocycles. The molecule has 0 aliphatic carbocycles. The van der Waals surface area contributed by atoms with Crippen LogP contribution < -0.4 is 5.32 Å². The molecule has 52 valence electrons. The summed E-state index contributed by atoms with van der Waals surface area (Å²) >= 11 is 3.81. The van der Waals surface area contributed by atoms with Crippen LogP contribution in [0.1, 0.15) is 0 Å². The standard InChI is InChI=1S/C5H9NO2S/c1-6-3-4(9)5(7)8-2/h3,6,9H,1-2H3/b4-3-. The normalized spacial score (nSPS) is 10.8. The lowest BCUT2D eigenvalue weighted by molar-refractivity contribution is -0.135. The predicted octanol–water partition coefficient (Wildman–Crippen LogP) is 0.150. The zero-order chi connectivity index (χ0) is 7.28. The van der Waals surface area contributed by atoms with Gasteiger partial charge in [0.2, 0.25) is 0 Å². The number of rotatable bonds is 2. The minimum Gasteiger partial charge on any atom is -0.465 e. The van der Waals surface area contributed by atoms with Crippen molar-refractivity contribution in [1.29, 1.82) is 0 Å². The summed E-state index contributed by atoms with van der Waals surface area (Å²) in [6, 6.07) is 0. The Bertz CT molecular complexity index is 133. The third kappa shape index (κ3) is 3.03. The van der Waals surface area contributed by atoms with Crippen molar-refractivity contribution in [3.8, 4) is 0 Å². The molecular weight excluding hydrogens is 138 g/mol. The van der Waals surface area contributed by atoms with Crippen LogP contribution in [0.4, 0.5) is 0 Å². The molecule has 3 nitrogen and oxygen atoms in total. The largest absolute Gasteiger partial charge is 0.465 e. The second-order valence-corrected chi connectivity index (χ2v) is 1.79. The van der Waals surface area contributed by atoms with Crippen LogP contribution in [0.2, 0.25) is 0 Å². The molecule has 0 aromatic rings. The van der Waals surface area contributed by atoms with E-state index in [0.29, 0.717) is 0 Å². The Morgan fingerprint density at radius 2 is 2.33 bits per heavy atom. The fraction of sp³-hybridized carbons (Fsp3) is 0.400. The fourth-order valence-electron chi connectivity index (χ4n) is 0.300. The van der Waals surface area contributed by atoms with Gasteiger partial charge in [-0.2, -0.15) is 0 Å². The highest BCUT2D eigenvalue weighted by Gasteiger charge is 2.01. The van der Waals surface area contributed by atoms with Crippen molar-refractivity contribution in [2.45, 2.75) is 0 Å². The van der Waals surface area contributed by atoms with Crippen molar-refractivity contribution in [2.24, 2.45) is 0 Å². The predicted molar refractivity (Wildman–Crippen MR) is 38.1 cm³/mol. The topological polar surface area (TPSA) is 38.3 Å². The van der Waals surface area contributed by atoms with Gasteiger partial charge in [0.25, 0.3) is 0 Å². The molecule has 0 aliphatic rings. The average molecular weight is 147 g/mol. The number of hydrogen-bond acceptors (Lipinski definition) is 4. The summed E-state index contributed by atoms with van der Waals surface area (Å²) in [5.41, 5.74) is 0. The smallest absolute Gasteiger partial charge is 0.345 e. The highest BCUT2D eigenvalue weighted by Crippen LogP contribution is 1.99. The maximum absolute atomic E-state index is 10.5. The molecule has 0 radical (unpaired) electrons. The molecule has 0 aliphatic heterocycles. The molecule has 0 rings (SSSR count). The molecule has 1 N–H and O–H groups in total. The van der Waals surface area contributed by atoms with Crippen LogP contribution in [0.25, 0.3) is 0 Å². The number of methoxy groups -OCH3 is 1. The van der Waals surface area contributed by atoms with Crippen LogP contribution in [-0.4, -0.2) is 20.1 Å². The Morgan fingerprint density at radius 1 is 1.78 bits per heavy atom. The van der Waals surface area contributed by atoms with Gasteiger partial charge < -0.3 is 10.1 Å². The van der Waals surface area contributed by atoms with Crippen molar-refractivity contribution in [2.75, 3.05) is 14.2 Å². The number of ether oxygens (including phenoxy) is 1. The number of nitrogens with one attached hydrogen (secondary N) is 1.